The number of carbonyl (C=O) groups excluding carboxylic acids is 2. The lowest BCUT2D eigenvalue weighted by atomic mass is 10.1. The number of nitro groups is 1. The van der Waals surface area contributed by atoms with Crippen molar-refractivity contribution in [1.29, 1.82) is 0 Å². The fraction of sp³-hybridized carbons (Fsp3) is 0.259. The molecule has 224 valence electrons. The van der Waals surface area contributed by atoms with Crippen LogP contribution in [0.5, 0.6) is 5.75 Å². The zero-order valence-corrected chi connectivity index (χ0v) is 26.0. The third kappa shape index (κ3) is 7.06. The average Bonchev–Trinajstić information content (AvgIpc) is 2.94. The number of amides is 2. The quantitative estimate of drug-likeness (QED) is 0.220. The van der Waals surface area contributed by atoms with Crippen LogP contribution < -0.4 is 14.4 Å². The monoisotopic (exact) mass is 656 g/mol. The van der Waals surface area contributed by atoms with E-state index in [0.29, 0.717) is 5.56 Å². The van der Waals surface area contributed by atoms with Gasteiger partial charge in [0.25, 0.3) is 15.7 Å². The van der Waals surface area contributed by atoms with Gasteiger partial charge in [-0.25, -0.2) is 8.42 Å². The number of aryl methyl sites for hydroxylation is 1. The number of benzene rings is 3. The van der Waals surface area contributed by atoms with Gasteiger partial charge in [-0.05, 0) is 50.2 Å². The predicted molar refractivity (Wildman–Crippen MR) is 161 cm³/mol. The lowest BCUT2D eigenvalue weighted by Gasteiger charge is -2.32. The van der Waals surface area contributed by atoms with Crippen molar-refractivity contribution in [3.8, 4) is 5.75 Å². The van der Waals surface area contributed by atoms with E-state index in [1.165, 1.54) is 58.3 Å². The molecule has 0 fully saturated rings. The van der Waals surface area contributed by atoms with E-state index in [0.717, 1.165) is 15.3 Å². The van der Waals surface area contributed by atoms with Crippen LogP contribution in [0.25, 0.3) is 0 Å². The molecule has 0 radical (unpaired) electrons. The molecule has 11 nitrogen and oxygen atoms in total. The number of hydrogen-bond acceptors (Lipinski definition) is 7. The predicted octanol–water partition coefficient (Wildman–Crippen LogP) is 5.23. The van der Waals surface area contributed by atoms with Crippen molar-refractivity contribution in [1.82, 2.24) is 10.2 Å². The number of halogens is 3. The molecule has 3 aromatic rings. The highest BCUT2D eigenvalue weighted by Gasteiger charge is 2.35. The minimum Gasteiger partial charge on any atom is -0.495 e. The Morgan fingerprint density at radius 1 is 1.07 bits per heavy atom. The van der Waals surface area contributed by atoms with Crippen LogP contribution in [0.3, 0.4) is 0 Å². The maximum Gasteiger partial charge on any atom is 0.273 e. The van der Waals surface area contributed by atoms with Crippen molar-refractivity contribution in [2.24, 2.45) is 0 Å². The first-order valence-corrected chi connectivity index (χ1v) is 14.9. The van der Waals surface area contributed by atoms with Gasteiger partial charge in [-0.1, -0.05) is 46.9 Å². The molecule has 0 heterocycles. The molecule has 42 heavy (non-hydrogen) atoms. The van der Waals surface area contributed by atoms with E-state index < -0.39 is 49.9 Å². The Bertz CT molecular complexity index is 1620. The van der Waals surface area contributed by atoms with E-state index in [2.05, 4.69) is 5.32 Å². The van der Waals surface area contributed by atoms with Crippen LogP contribution in [0.15, 0.2) is 59.5 Å². The van der Waals surface area contributed by atoms with Crippen LogP contribution in [-0.4, -0.2) is 56.8 Å². The van der Waals surface area contributed by atoms with E-state index in [1.54, 1.807) is 18.2 Å². The number of hydrogen-bond donors (Lipinski definition) is 1. The topological polar surface area (TPSA) is 139 Å². The number of nitrogens with zero attached hydrogens (tertiary/aromatic N) is 3. The van der Waals surface area contributed by atoms with Crippen molar-refractivity contribution in [3.63, 3.8) is 0 Å². The summed E-state index contributed by atoms with van der Waals surface area (Å²) in [6, 6.07) is 11.2. The van der Waals surface area contributed by atoms with Crippen molar-refractivity contribution in [2.75, 3.05) is 25.0 Å². The van der Waals surface area contributed by atoms with Gasteiger partial charge in [0.15, 0.2) is 0 Å². The summed E-state index contributed by atoms with van der Waals surface area (Å²) >= 11 is 18.9. The summed E-state index contributed by atoms with van der Waals surface area (Å²) in [5, 5.41) is 14.7. The molecule has 3 rings (SSSR count). The Labute approximate surface area is 258 Å². The molecule has 0 unspecified atom stereocenters. The number of rotatable bonds is 11. The van der Waals surface area contributed by atoms with Crippen molar-refractivity contribution in [2.45, 2.75) is 31.3 Å². The highest BCUT2D eigenvalue weighted by molar-refractivity contribution is 7.92. The summed E-state index contributed by atoms with van der Waals surface area (Å²) in [5.74, 6) is -1.29. The van der Waals surface area contributed by atoms with Gasteiger partial charge in [-0.3, -0.25) is 24.0 Å². The first kappa shape index (κ1) is 32.9. The van der Waals surface area contributed by atoms with Crippen LogP contribution in [0.2, 0.25) is 15.1 Å². The van der Waals surface area contributed by atoms with Gasteiger partial charge >= 0.3 is 0 Å². The molecular weight excluding hydrogens is 631 g/mol. The van der Waals surface area contributed by atoms with Gasteiger partial charge in [0, 0.05) is 45.9 Å². The summed E-state index contributed by atoms with van der Waals surface area (Å²) in [5.41, 5.74) is 0.0477. The van der Waals surface area contributed by atoms with E-state index >= 15 is 0 Å². The Hall–Kier alpha value is -3.58. The van der Waals surface area contributed by atoms with Gasteiger partial charge in [0.2, 0.25) is 11.8 Å². The first-order valence-electron chi connectivity index (χ1n) is 12.3. The minimum atomic E-state index is -4.66. The molecule has 0 spiro atoms. The smallest absolute Gasteiger partial charge is 0.273 e. The average molecular weight is 658 g/mol. The van der Waals surface area contributed by atoms with Crippen LogP contribution in [0, 0.1) is 17.0 Å². The third-order valence-corrected chi connectivity index (χ3v) is 9.16. The Morgan fingerprint density at radius 2 is 1.71 bits per heavy atom. The van der Waals surface area contributed by atoms with Gasteiger partial charge in [0.05, 0.1) is 22.6 Å². The normalized spacial score (nSPS) is 11.9. The summed E-state index contributed by atoms with van der Waals surface area (Å²) in [4.78, 5) is 38.2. The number of likely N-dealkylation sites (N-methyl/N-ethyl adjacent to an activating group) is 1. The molecule has 0 aliphatic rings. The van der Waals surface area contributed by atoms with Crippen LogP contribution >= 0.6 is 34.8 Å². The second kappa shape index (κ2) is 13.6. The highest BCUT2D eigenvalue weighted by Crippen LogP contribution is 2.36. The maximum absolute atomic E-state index is 14.1. The number of carbonyl (C=O) groups is 2. The zero-order chi connectivity index (χ0) is 31.4. The number of sulfonamides is 1. The summed E-state index contributed by atoms with van der Waals surface area (Å²) in [6.45, 7) is 1.85. The second-order valence-electron chi connectivity index (χ2n) is 9.05. The van der Waals surface area contributed by atoms with Crippen molar-refractivity contribution < 1.29 is 27.7 Å². The summed E-state index contributed by atoms with van der Waals surface area (Å²) < 4.78 is 34.3. The molecular formula is C27H27Cl3N4O7S. The van der Waals surface area contributed by atoms with Gasteiger partial charge < -0.3 is 15.0 Å². The van der Waals surface area contributed by atoms with E-state index in [1.807, 2.05) is 0 Å². The standard InChI is InChI=1S/C27H27Cl3N4O7S/c1-16-8-10-19(13-23(16)34(37)38)42(39,40)33(24-12-18(28)9-11-25(24)41-4)15-26(35)32(17(2)27(36)31-3)14-20-21(29)6-5-7-22(20)30/h5-13,17H,14-15H2,1-4H3,(H,31,36)/t17-/m1/s1. The molecule has 0 aliphatic heterocycles. The van der Waals surface area contributed by atoms with Crippen LogP contribution in [0.1, 0.15) is 18.1 Å². The molecule has 1 atom stereocenters. The molecule has 1 N–H and O–H groups in total. The summed E-state index contributed by atoms with van der Waals surface area (Å²) in [6.07, 6.45) is 0. The molecule has 15 heteroatoms. The van der Waals surface area contributed by atoms with Gasteiger partial charge in [-0.2, -0.15) is 0 Å². The van der Waals surface area contributed by atoms with E-state index in [4.69, 9.17) is 39.5 Å². The van der Waals surface area contributed by atoms with Crippen LogP contribution in [-0.2, 0) is 26.2 Å². The highest BCUT2D eigenvalue weighted by atomic mass is 35.5. The van der Waals surface area contributed by atoms with Crippen molar-refractivity contribution in [3.05, 3.63) is 90.9 Å². The molecule has 0 saturated carbocycles. The Morgan fingerprint density at radius 3 is 2.29 bits per heavy atom. The van der Waals surface area contributed by atoms with E-state index in [-0.39, 0.29) is 38.6 Å². The molecule has 0 aliphatic carbocycles. The third-order valence-electron chi connectivity index (χ3n) is 6.46. The fourth-order valence-corrected chi connectivity index (χ4v) is 6.21. The number of nitro benzene ring substituents is 1. The maximum atomic E-state index is 14.1. The lowest BCUT2D eigenvalue weighted by molar-refractivity contribution is -0.385. The lowest BCUT2D eigenvalue weighted by Crippen LogP contribution is -2.50. The SMILES string of the molecule is CNC(=O)[C@@H](C)N(Cc1c(Cl)cccc1Cl)C(=O)CN(c1cc(Cl)ccc1OC)S(=O)(=O)c1ccc(C)c([N+](=O)[O-])c1. The molecule has 2 amide bonds. The van der Waals surface area contributed by atoms with Crippen LogP contribution in [0.4, 0.5) is 11.4 Å². The summed E-state index contributed by atoms with van der Waals surface area (Å²) in [7, 11) is -1.96. The van der Waals surface area contributed by atoms with E-state index in [9.17, 15) is 28.1 Å². The molecule has 0 saturated heterocycles. The Balaban J connectivity index is 2.20. The number of methoxy groups -OCH3 is 1. The number of ether oxygens (including phenoxy) is 1. The number of nitrogens with one attached hydrogen (secondary N) is 1. The van der Waals surface area contributed by atoms with Crippen molar-refractivity contribution >= 4 is 68.0 Å². The minimum absolute atomic E-state index is 0.0532. The van der Waals surface area contributed by atoms with Gasteiger partial charge in [-0.15, -0.1) is 0 Å². The fourth-order valence-electron chi connectivity index (χ4n) is 4.09. The largest absolute Gasteiger partial charge is 0.495 e. The second-order valence-corrected chi connectivity index (χ2v) is 12.2. The Kier molecular flexibility index (Phi) is 10.7. The molecule has 0 bridgehead atoms. The van der Waals surface area contributed by atoms with Gasteiger partial charge in [0.1, 0.15) is 18.3 Å². The molecule has 3 aromatic carbocycles. The first-order chi connectivity index (χ1) is 19.7. The number of anilines is 1. The zero-order valence-electron chi connectivity index (χ0n) is 22.9. The molecule has 0 aromatic heterocycles.